The third kappa shape index (κ3) is 4.08. The van der Waals surface area contributed by atoms with Crippen molar-refractivity contribution in [2.24, 2.45) is 0 Å². The fourth-order valence-electron chi connectivity index (χ4n) is 3.81. The van der Waals surface area contributed by atoms with Gasteiger partial charge in [-0.05, 0) is 30.7 Å². The second-order valence-electron chi connectivity index (χ2n) is 7.58. The number of piperidine rings is 1. The summed E-state index contributed by atoms with van der Waals surface area (Å²) in [5, 5.41) is 4.53. The lowest BCUT2D eigenvalue weighted by molar-refractivity contribution is 0.159. The number of methoxy groups -OCH3 is 1. The summed E-state index contributed by atoms with van der Waals surface area (Å²) in [4.78, 5) is 19.0. The van der Waals surface area contributed by atoms with E-state index in [1.54, 1.807) is 6.07 Å². The number of hydrogen-bond acceptors (Lipinski definition) is 8. The lowest BCUT2D eigenvalue weighted by atomic mass is 10.1. The van der Waals surface area contributed by atoms with Gasteiger partial charge in [-0.25, -0.2) is 4.98 Å². The Balaban J connectivity index is 1.31. The van der Waals surface area contributed by atoms with E-state index in [1.807, 2.05) is 11.8 Å². The van der Waals surface area contributed by atoms with Crippen LogP contribution in [0.5, 0.6) is 17.2 Å². The fourth-order valence-corrected chi connectivity index (χ4v) is 3.81. The van der Waals surface area contributed by atoms with Gasteiger partial charge < -0.3 is 23.8 Å². The first kappa shape index (κ1) is 15.5. The average Bonchev–Trinajstić information content (AvgIpc) is 2.80. The third-order valence-electron chi connectivity index (χ3n) is 5.32. The van der Waals surface area contributed by atoms with Crippen LogP contribution in [-0.4, -0.2) is 54.0 Å². The predicted molar refractivity (Wildman–Crippen MR) is 118 cm³/mol. The summed E-state index contributed by atoms with van der Waals surface area (Å²) in [7, 11) is 1.54. The molecule has 1 saturated heterocycles. The van der Waals surface area contributed by atoms with E-state index < -0.39 is 19.2 Å². The van der Waals surface area contributed by atoms with Crippen molar-refractivity contribution >= 4 is 11.5 Å². The maximum atomic E-state index is 12.6. The van der Waals surface area contributed by atoms with Crippen LogP contribution in [0.4, 0.5) is 5.82 Å². The maximum absolute atomic E-state index is 12.6. The highest BCUT2D eigenvalue weighted by molar-refractivity contribution is 5.53. The van der Waals surface area contributed by atoms with Gasteiger partial charge in [0.15, 0.2) is 23.0 Å². The highest BCUT2D eigenvalue weighted by Crippen LogP contribution is 2.34. The highest BCUT2D eigenvalue weighted by Gasteiger charge is 2.24. The maximum Gasteiger partial charge on any atom is 0.274 e. The van der Waals surface area contributed by atoms with Crippen molar-refractivity contribution in [2.45, 2.75) is 32.5 Å². The topological polar surface area (TPSA) is 87.4 Å². The summed E-state index contributed by atoms with van der Waals surface area (Å²) in [6.45, 7) is -2.28. The van der Waals surface area contributed by atoms with Crippen LogP contribution in [0.15, 0.2) is 35.1 Å². The first-order valence-corrected chi connectivity index (χ1v) is 10.3. The van der Waals surface area contributed by atoms with Crippen molar-refractivity contribution in [2.75, 3.05) is 38.2 Å². The molecular formula is C23H26N4O5. The summed E-state index contributed by atoms with van der Waals surface area (Å²) in [6, 6.07) is 7.57. The molecule has 1 aromatic carbocycles. The lowest BCUT2D eigenvalue weighted by Gasteiger charge is -2.33. The van der Waals surface area contributed by atoms with Crippen LogP contribution in [0.3, 0.4) is 0 Å². The van der Waals surface area contributed by atoms with Gasteiger partial charge in [-0.1, -0.05) is 0 Å². The van der Waals surface area contributed by atoms with E-state index in [2.05, 4.69) is 10.1 Å². The summed E-state index contributed by atoms with van der Waals surface area (Å²) < 4.78 is 62.3. The molecule has 5 rings (SSSR count). The van der Waals surface area contributed by atoms with Gasteiger partial charge in [0.2, 0.25) is 0 Å². The van der Waals surface area contributed by atoms with Crippen molar-refractivity contribution in [3.8, 4) is 17.2 Å². The zero-order valence-electron chi connectivity index (χ0n) is 22.8. The number of aryl methyl sites for hydroxylation is 1. The van der Waals surface area contributed by atoms with Crippen molar-refractivity contribution in [1.82, 2.24) is 14.6 Å². The molecule has 1 fully saturated rings. The smallest absolute Gasteiger partial charge is 0.274 e. The Morgan fingerprint density at radius 3 is 2.75 bits per heavy atom. The van der Waals surface area contributed by atoms with Crippen LogP contribution in [0.2, 0.25) is 0 Å². The number of fused-ring (bicyclic) bond motifs is 2. The molecular weight excluding hydrogens is 412 g/mol. The van der Waals surface area contributed by atoms with Crippen LogP contribution in [0, 0.1) is 6.92 Å². The van der Waals surface area contributed by atoms with E-state index in [0.29, 0.717) is 43.1 Å². The van der Waals surface area contributed by atoms with Crippen molar-refractivity contribution < 1.29 is 25.8 Å². The monoisotopic (exact) mass is 443 g/mol. The van der Waals surface area contributed by atoms with Crippen LogP contribution < -0.4 is 24.7 Å². The Bertz CT molecular complexity index is 1410. The van der Waals surface area contributed by atoms with Crippen molar-refractivity contribution in [3.63, 3.8) is 0 Å². The summed E-state index contributed by atoms with van der Waals surface area (Å²) >= 11 is 0. The highest BCUT2D eigenvalue weighted by atomic mass is 16.6. The average molecular weight is 444 g/mol. The second kappa shape index (κ2) is 8.66. The van der Waals surface area contributed by atoms with Gasteiger partial charge in [0.1, 0.15) is 24.9 Å². The molecule has 0 saturated carbocycles. The quantitative estimate of drug-likeness (QED) is 0.594. The Labute approximate surface area is 192 Å². The Hall–Kier alpha value is -3.33. The molecule has 0 atom stereocenters. The minimum Gasteiger partial charge on any atom is -0.490 e. The number of anilines is 1. The van der Waals surface area contributed by atoms with Gasteiger partial charge in [-0.15, -0.1) is 5.10 Å². The first-order valence-electron chi connectivity index (χ1n) is 12.8. The molecule has 4 heterocycles. The van der Waals surface area contributed by atoms with Gasteiger partial charge in [0.05, 0.1) is 19.2 Å². The standard InChI is InChI=1S/C23H26N4O5/c1-15-11-21-24-16(14-29-2)12-22(28)27(21)25-23(15)26-7-5-17(6-8-26)32-18-3-4-19-20(13-18)31-10-9-30-19/h3-4,11-13,17H,5-10,14H2,1-2H3/i9D2,10D2,17D. The number of ether oxygens (including phenoxy) is 4. The normalized spacial score (nSPS) is 22.8. The van der Waals surface area contributed by atoms with Crippen molar-refractivity contribution in [1.29, 1.82) is 0 Å². The number of rotatable bonds is 5. The minimum absolute atomic E-state index is 0.00218. The molecule has 0 radical (unpaired) electrons. The van der Waals surface area contributed by atoms with Gasteiger partial charge >= 0.3 is 0 Å². The molecule has 0 unspecified atom stereocenters. The van der Waals surface area contributed by atoms with Gasteiger partial charge in [0.25, 0.3) is 5.56 Å². The Kier molecular flexibility index (Phi) is 4.19. The van der Waals surface area contributed by atoms with Crippen LogP contribution in [0.1, 0.15) is 31.0 Å². The Morgan fingerprint density at radius 2 is 1.97 bits per heavy atom. The molecule has 168 valence electrons. The van der Waals surface area contributed by atoms with E-state index in [9.17, 15) is 4.79 Å². The molecule has 2 aromatic heterocycles. The zero-order valence-corrected chi connectivity index (χ0v) is 17.8. The number of benzene rings is 1. The molecule has 32 heavy (non-hydrogen) atoms. The molecule has 9 heteroatoms. The molecule has 3 aromatic rings. The van der Waals surface area contributed by atoms with Crippen LogP contribution in [-0.2, 0) is 11.3 Å². The zero-order chi connectivity index (χ0) is 26.6. The van der Waals surface area contributed by atoms with E-state index in [0.717, 1.165) is 5.56 Å². The van der Waals surface area contributed by atoms with Crippen LogP contribution >= 0.6 is 0 Å². The van der Waals surface area contributed by atoms with Gasteiger partial charge in [0, 0.05) is 45.2 Å². The summed E-state index contributed by atoms with van der Waals surface area (Å²) in [6.07, 6.45) is -0.583. The summed E-state index contributed by atoms with van der Waals surface area (Å²) in [5.41, 5.74) is 1.52. The number of hydrogen-bond donors (Lipinski definition) is 0. The lowest BCUT2D eigenvalue weighted by Crippen LogP contribution is -2.39. The second-order valence-corrected chi connectivity index (χ2v) is 7.58. The number of nitrogens with zero attached hydrogens (tertiary/aromatic N) is 4. The van der Waals surface area contributed by atoms with Crippen LogP contribution in [0.25, 0.3) is 5.65 Å². The molecule has 0 N–H and O–H groups in total. The van der Waals surface area contributed by atoms with Gasteiger partial charge in [-0.3, -0.25) is 4.79 Å². The third-order valence-corrected chi connectivity index (χ3v) is 5.32. The molecule has 0 aliphatic carbocycles. The summed E-state index contributed by atoms with van der Waals surface area (Å²) in [5.74, 6) is 0.975. The number of aromatic nitrogens is 3. The SMILES string of the molecule is [2H]C1(Oc2ccc3c(c2)OC([2H])([2H])C([2H])([2H])O3)CCN(c2nn3c(=O)cc(COC)nc3cc2C)CC1. The van der Waals surface area contributed by atoms with E-state index in [-0.39, 0.29) is 29.4 Å². The largest absolute Gasteiger partial charge is 0.490 e. The van der Waals surface area contributed by atoms with Crippen molar-refractivity contribution in [3.05, 3.63) is 51.9 Å². The molecule has 9 nitrogen and oxygen atoms in total. The van der Waals surface area contributed by atoms with Gasteiger partial charge in [-0.2, -0.15) is 4.52 Å². The Morgan fingerprint density at radius 1 is 1.19 bits per heavy atom. The molecule has 0 spiro atoms. The van der Waals surface area contributed by atoms with E-state index in [1.165, 1.54) is 35.9 Å². The molecule has 2 aliphatic rings. The fraction of sp³-hybridized carbons (Fsp3) is 0.435. The molecule has 0 bridgehead atoms. The minimum atomic E-state index is -2.68. The van der Waals surface area contributed by atoms with E-state index >= 15 is 0 Å². The predicted octanol–water partition coefficient (Wildman–Crippen LogP) is 2.36. The van der Waals surface area contributed by atoms with E-state index in [4.69, 9.17) is 25.8 Å². The first-order chi connectivity index (χ1) is 17.4. The molecule has 2 aliphatic heterocycles. The molecule has 0 amide bonds.